The Morgan fingerprint density at radius 2 is 2.09 bits per heavy atom. The Morgan fingerprint density at radius 3 is 2.70 bits per heavy atom. The van der Waals surface area contributed by atoms with Crippen molar-refractivity contribution in [3.05, 3.63) is 24.3 Å². The van der Waals surface area contributed by atoms with E-state index in [0.29, 0.717) is 25.0 Å². The molecule has 0 bridgehead atoms. The Morgan fingerprint density at radius 1 is 1.39 bits per heavy atom. The first-order chi connectivity index (χ1) is 10.8. The van der Waals surface area contributed by atoms with Gasteiger partial charge in [0.15, 0.2) is 0 Å². The molecule has 1 N–H and O–H groups in total. The standard InChI is InChI=1S/C17H20O6/c1-7-12(22-9(3)18)4-10-13(7)15-14(8(2)16(20)23-15)11(19)5-17(10)6-21-17/h10-15,19H,1-2,4-6H2,3H3/t10-,11+,12+,13-,14-,15+,17+/m1/s1. The summed E-state index contributed by atoms with van der Waals surface area (Å²) in [5.74, 6) is -1.45. The van der Waals surface area contributed by atoms with Gasteiger partial charge in [0.2, 0.25) is 0 Å². The van der Waals surface area contributed by atoms with E-state index in [2.05, 4.69) is 13.2 Å². The molecule has 0 aromatic heterocycles. The number of esters is 2. The molecule has 7 atom stereocenters. The summed E-state index contributed by atoms with van der Waals surface area (Å²) in [6.45, 7) is 9.83. The Kier molecular flexibility index (Phi) is 3.03. The molecule has 0 aromatic rings. The highest BCUT2D eigenvalue weighted by atomic mass is 16.6. The van der Waals surface area contributed by atoms with Crippen LogP contribution in [0.3, 0.4) is 0 Å². The van der Waals surface area contributed by atoms with Gasteiger partial charge >= 0.3 is 11.9 Å². The van der Waals surface area contributed by atoms with Crippen LogP contribution in [0, 0.1) is 17.8 Å². The van der Waals surface area contributed by atoms with Crippen LogP contribution in [0.4, 0.5) is 0 Å². The Balaban J connectivity index is 1.73. The summed E-state index contributed by atoms with van der Waals surface area (Å²) in [6, 6.07) is 0. The van der Waals surface area contributed by atoms with Gasteiger partial charge in [0.25, 0.3) is 0 Å². The summed E-state index contributed by atoms with van der Waals surface area (Å²) in [4.78, 5) is 23.3. The van der Waals surface area contributed by atoms with Crippen LogP contribution in [-0.2, 0) is 23.8 Å². The second kappa shape index (κ2) is 4.68. The van der Waals surface area contributed by atoms with Crippen molar-refractivity contribution in [3.8, 4) is 0 Å². The third kappa shape index (κ3) is 2.01. The number of carbonyl (C=O) groups is 2. The SMILES string of the molecule is C=C1C(=O)O[C@H]2[C@@H]3C(=C)[C@@H](OC(C)=O)C[C@H]3[C@@]3(CO3)C[C@H](O)[C@@H]12. The molecule has 4 rings (SSSR count). The lowest BCUT2D eigenvalue weighted by atomic mass is 9.79. The number of aliphatic hydroxyl groups is 1. The minimum atomic E-state index is -0.730. The molecular weight excluding hydrogens is 300 g/mol. The summed E-state index contributed by atoms with van der Waals surface area (Å²) in [6.07, 6.45) is -0.612. The fourth-order valence-electron chi connectivity index (χ4n) is 4.72. The van der Waals surface area contributed by atoms with Gasteiger partial charge in [0.1, 0.15) is 12.2 Å². The van der Waals surface area contributed by atoms with E-state index in [4.69, 9.17) is 14.2 Å². The molecule has 6 nitrogen and oxygen atoms in total. The minimum Gasteiger partial charge on any atom is -0.458 e. The minimum absolute atomic E-state index is 0.0164. The lowest BCUT2D eigenvalue weighted by molar-refractivity contribution is -0.145. The van der Waals surface area contributed by atoms with Crippen molar-refractivity contribution in [2.75, 3.05) is 6.61 Å². The molecule has 2 aliphatic carbocycles. The van der Waals surface area contributed by atoms with E-state index in [-0.39, 0.29) is 17.8 Å². The van der Waals surface area contributed by atoms with Crippen LogP contribution in [0.5, 0.6) is 0 Å². The maximum atomic E-state index is 12.0. The molecule has 2 heterocycles. The first-order valence-electron chi connectivity index (χ1n) is 7.92. The van der Waals surface area contributed by atoms with Crippen molar-refractivity contribution in [1.29, 1.82) is 0 Å². The second-order valence-electron chi connectivity index (χ2n) is 7.09. The van der Waals surface area contributed by atoms with E-state index >= 15 is 0 Å². The van der Waals surface area contributed by atoms with Crippen LogP contribution in [-0.4, -0.2) is 47.6 Å². The number of rotatable bonds is 1. The van der Waals surface area contributed by atoms with Gasteiger partial charge in [-0.2, -0.15) is 0 Å². The number of epoxide rings is 1. The third-order valence-corrected chi connectivity index (χ3v) is 5.83. The number of carbonyl (C=O) groups excluding carboxylic acids is 2. The van der Waals surface area contributed by atoms with Crippen LogP contribution in [0.2, 0.25) is 0 Å². The number of hydrogen-bond donors (Lipinski definition) is 1. The average Bonchev–Trinajstić information content (AvgIpc) is 3.10. The fraction of sp³-hybridized carbons (Fsp3) is 0.647. The van der Waals surface area contributed by atoms with E-state index < -0.39 is 35.8 Å². The first kappa shape index (κ1) is 14.9. The molecule has 2 saturated heterocycles. The van der Waals surface area contributed by atoms with Crippen LogP contribution in [0.1, 0.15) is 19.8 Å². The molecule has 4 fully saturated rings. The van der Waals surface area contributed by atoms with Gasteiger partial charge in [-0.3, -0.25) is 4.79 Å². The van der Waals surface area contributed by atoms with Gasteiger partial charge < -0.3 is 19.3 Å². The van der Waals surface area contributed by atoms with E-state index in [0.717, 1.165) is 5.57 Å². The zero-order valence-electron chi connectivity index (χ0n) is 13.0. The number of hydrogen-bond acceptors (Lipinski definition) is 6. The van der Waals surface area contributed by atoms with Crippen LogP contribution >= 0.6 is 0 Å². The molecule has 6 heteroatoms. The molecule has 2 aliphatic heterocycles. The molecule has 0 radical (unpaired) electrons. The summed E-state index contributed by atoms with van der Waals surface area (Å²) >= 11 is 0. The van der Waals surface area contributed by atoms with Gasteiger partial charge in [-0.25, -0.2) is 4.79 Å². The molecule has 124 valence electrons. The van der Waals surface area contributed by atoms with Crippen LogP contribution in [0.25, 0.3) is 0 Å². The molecule has 2 saturated carbocycles. The van der Waals surface area contributed by atoms with E-state index in [1.807, 2.05) is 0 Å². The lowest BCUT2D eigenvalue weighted by Gasteiger charge is -2.27. The highest BCUT2D eigenvalue weighted by molar-refractivity contribution is 5.91. The van der Waals surface area contributed by atoms with Gasteiger partial charge in [0, 0.05) is 30.8 Å². The quantitative estimate of drug-likeness (QED) is 0.332. The van der Waals surface area contributed by atoms with E-state index in [9.17, 15) is 14.7 Å². The zero-order valence-corrected chi connectivity index (χ0v) is 13.0. The highest BCUT2D eigenvalue weighted by Gasteiger charge is 2.66. The summed E-state index contributed by atoms with van der Waals surface area (Å²) in [5, 5.41) is 10.6. The van der Waals surface area contributed by atoms with Gasteiger partial charge in [0.05, 0.1) is 24.2 Å². The zero-order chi connectivity index (χ0) is 16.5. The van der Waals surface area contributed by atoms with Crippen molar-refractivity contribution < 1.29 is 28.9 Å². The van der Waals surface area contributed by atoms with Crippen LogP contribution < -0.4 is 0 Å². The monoisotopic (exact) mass is 320 g/mol. The third-order valence-electron chi connectivity index (χ3n) is 5.83. The number of aliphatic hydroxyl groups excluding tert-OH is 1. The molecular formula is C17H20O6. The van der Waals surface area contributed by atoms with Gasteiger partial charge in [-0.1, -0.05) is 13.2 Å². The molecule has 1 spiro atoms. The van der Waals surface area contributed by atoms with Crippen molar-refractivity contribution in [1.82, 2.24) is 0 Å². The summed E-state index contributed by atoms with van der Waals surface area (Å²) in [5.41, 5.74) is 0.619. The Labute approximate surface area is 134 Å². The van der Waals surface area contributed by atoms with Crippen molar-refractivity contribution in [2.24, 2.45) is 17.8 Å². The summed E-state index contributed by atoms with van der Waals surface area (Å²) < 4.78 is 16.6. The predicted molar refractivity (Wildman–Crippen MR) is 78.1 cm³/mol. The second-order valence-corrected chi connectivity index (χ2v) is 7.09. The summed E-state index contributed by atoms with van der Waals surface area (Å²) in [7, 11) is 0. The molecule has 0 amide bonds. The lowest BCUT2D eigenvalue weighted by Crippen LogP contribution is -2.34. The van der Waals surface area contributed by atoms with Gasteiger partial charge in [-0.15, -0.1) is 0 Å². The number of ether oxygens (including phenoxy) is 3. The Bertz CT molecular complexity index is 619. The molecule has 0 unspecified atom stereocenters. The fourth-order valence-corrected chi connectivity index (χ4v) is 4.72. The predicted octanol–water partition coefficient (Wildman–Crippen LogP) is 0.742. The first-order valence-corrected chi connectivity index (χ1v) is 7.92. The molecule has 4 aliphatic rings. The molecule has 23 heavy (non-hydrogen) atoms. The topological polar surface area (TPSA) is 85.4 Å². The number of fused-ring (bicyclic) bond motifs is 4. The smallest absolute Gasteiger partial charge is 0.334 e. The van der Waals surface area contributed by atoms with Crippen molar-refractivity contribution >= 4 is 11.9 Å². The van der Waals surface area contributed by atoms with Crippen molar-refractivity contribution in [3.63, 3.8) is 0 Å². The average molecular weight is 320 g/mol. The normalized spacial score (nSPS) is 47.8. The van der Waals surface area contributed by atoms with Crippen LogP contribution in [0.15, 0.2) is 24.3 Å². The highest BCUT2D eigenvalue weighted by Crippen LogP contribution is 2.59. The van der Waals surface area contributed by atoms with Gasteiger partial charge in [-0.05, 0) is 12.0 Å². The maximum Gasteiger partial charge on any atom is 0.334 e. The molecule has 0 aromatic carbocycles. The Hall–Kier alpha value is -1.66. The maximum absolute atomic E-state index is 12.0. The van der Waals surface area contributed by atoms with Crippen molar-refractivity contribution in [2.45, 2.75) is 43.7 Å². The van der Waals surface area contributed by atoms with E-state index in [1.54, 1.807) is 0 Å². The largest absolute Gasteiger partial charge is 0.458 e. The van der Waals surface area contributed by atoms with E-state index in [1.165, 1.54) is 6.92 Å².